The Morgan fingerprint density at radius 3 is 1.57 bits per heavy atom. The minimum atomic E-state index is -0.513. The van der Waals surface area contributed by atoms with Crippen LogP contribution in [0.15, 0.2) is 24.3 Å². The molecule has 1 aliphatic rings. The van der Waals surface area contributed by atoms with Crippen LogP contribution in [0.3, 0.4) is 0 Å². The topological polar surface area (TPSA) is 52.6 Å². The predicted octanol–water partition coefficient (Wildman–Crippen LogP) is 0.976. The van der Waals surface area contributed by atoms with E-state index in [0.29, 0.717) is 0 Å². The number of ether oxygens (including phenoxy) is 2. The second-order valence-corrected chi connectivity index (χ2v) is 2.92. The minimum Gasteiger partial charge on any atom is -0.454 e. The van der Waals surface area contributed by atoms with Crippen molar-refractivity contribution >= 4 is 11.9 Å². The highest BCUT2D eigenvalue weighted by Crippen LogP contribution is 2.13. The quantitative estimate of drug-likeness (QED) is 0.618. The number of esters is 2. The Morgan fingerprint density at radius 1 is 0.929 bits per heavy atom. The molecule has 0 heterocycles. The molecule has 2 atom stereocenters. The lowest BCUT2D eigenvalue weighted by Gasteiger charge is -2.22. The van der Waals surface area contributed by atoms with Gasteiger partial charge in [0.25, 0.3) is 0 Å². The molecule has 1 aliphatic carbocycles. The van der Waals surface area contributed by atoms with Crippen molar-refractivity contribution in [3.63, 3.8) is 0 Å². The van der Waals surface area contributed by atoms with Gasteiger partial charge in [-0.1, -0.05) is 12.2 Å². The molecule has 0 aliphatic heterocycles. The van der Waals surface area contributed by atoms with Crippen LogP contribution in [0.2, 0.25) is 0 Å². The van der Waals surface area contributed by atoms with Crippen LogP contribution in [0.1, 0.15) is 13.8 Å². The number of allylic oxidation sites excluding steroid dienone is 2. The van der Waals surface area contributed by atoms with Crippen LogP contribution in [0.5, 0.6) is 0 Å². The highest BCUT2D eigenvalue weighted by Gasteiger charge is 2.23. The van der Waals surface area contributed by atoms with Crippen molar-refractivity contribution in [3.05, 3.63) is 24.3 Å². The zero-order valence-electron chi connectivity index (χ0n) is 8.10. The summed E-state index contributed by atoms with van der Waals surface area (Å²) in [7, 11) is 0. The van der Waals surface area contributed by atoms with E-state index >= 15 is 0 Å². The standard InChI is InChI=1S/C10H12O4/c1-7(11)13-9-5-3-4-6-10(9)14-8(2)12/h3-6,9-10H,1-2H3/t9-,10+. The molecule has 0 aromatic heterocycles. The Hall–Kier alpha value is -1.58. The van der Waals surface area contributed by atoms with E-state index in [9.17, 15) is 9.59 Å². The molecular formula is C10H12O4. The average Bonchev–Trinajstić information content (AvgIpc) is 2.06. The maximum Gasteiger partial charge on any atom is 0.303 e. The Labute approximate surface area is 82.2 Å². The Morgan fingerprint density at radius 2 is 1.29 bits per heavy atom. The predicted molar refractivity (Wildman–Crippen MR) is 49.4 cm³/mol. The average molecular weight is 196 g/mol. The molecule has 0 amide bonds. The first-order chi connectivity index (χ1) is 6.59. The normalized spacial score (nSPS) is 24.4. The van der Waals surface area contributed by atoms with Gasteiger partial charge in [-0.3, -0.25) is 9.59 Å². The van der Waals surface area contributed by atoms with Crippen LogP contribution in [-0.2, 0) is 19.1 Å². The van der Waals surface area contributed by atoms with Crippen molar-refractivity contribution in [3.8, 4) is 0 Å². The van der Waals surface area contributed by atoms with E-state index in [1.54, 1.807) is 24.3 Å². The summed E-state index contributed by atoms with van der Waals surface area (Å²) in [5.41, 5.74) is 0. The fourth-order valence-corrected chi connectivity index (χ4v) is 1.16. The van der Waals surface area contributed by atoms with Gasteiger partial charge in [-0.25, -0.2) is 0 Å². The molecule has 0 radical (unpaired) electrons. The molecule has 0 fully saturated rings. The summed E-state index contributed by atoms with van der Waals surface area (Å²) in [5.74, 6) is -0.792. The lowest BCUT2D eigenvalue weighted by atomic mass is 10.1. The summed E-state index contributed by atoms with van der Waals surface area (Å²) in [6, 6.07) is 0. The van der Waals surface area contributed by atoms with Crippen LogP contribution in [0.25, 0.3) is 0 Å². The van der Waals surface area contributed by atoms with E-state index in [2.05, 4.69) is 0 Å². The molecule has 4 nitrogen and oxygen atoms in total. The second kappa shape index (κ2) is 4.60. The first kappa shape index (κ1) is 10.5. The lowest BCUT2D eigenvalue weighted by Crippen LogP contribution is -2.32. The van der Waals surface area contributed by atoms with E-state index < -0.39 is 24.1 Å². The van der Waals surface area contributed by atoms with Crippen LogP contribution in [0, 0.1) is 0 Å². The van der Waals surface area contributed by atoms with E-state index in [4.69, 9.17) is 9.47 Å². The molecule has 0 saturated heterocycles. The lowest BCUT2D eigenvalue weighted by molar-refractivity contribution is -0.158. The van der Waals surface area contributed by atoms with E-state index in [1.807, 2.05) is 0 Å². The molecule has 0 saturated carbocycles. The van der Waals surface area contributed by atoms with Crippen molar-refractivity contribution < 1.29 is 19.1 Å². The second-order valence-electron chi connectivity index (χ2n) is 2.92. The van der Waals surface area contributed by atoms with Crippen molar-refractivity contribution in [2.75, 3.05) is 0 Å². The maximum absolute atomic E-state index is 10.7. The van der Waals surface area contributed by atoms with Crippen LogP contribution in [-0.4, -0.2) is 24.1 Å². The summed E-state index contributed by atoms with van der Waals surface area (Å²) in [5, 5.41) is 0. The van der Waals surface area contributed by atoms with Gasteiger partial charge in [-0.15, -0.1) is 0 Å². The van der Waals surface area contributed by atoms with Gasteiger partial charge in [0, 0.05) is 13.8 Å². The Kier molecular flexibility index (Phi) is 3.45. The summed E-state index contributed by atoms with van der Waals surface area (Å²) in [4.78, 5) is 21.4. The van der Waals surface area contributed by atoms with Gasteiger partial charge in [0.2, 0.25) is 0 Å². The molecule has 0 unspecified atom stereocenters. The Bertz CT molecular complexity index is 260. The van der Waals surface area contributed by atoms with Crippen molar-refractivity contribution in [1.82, 2.24) is 0 Å². The largest absolute Gasteiger partial charge is 0.454 e. The van der Waals surface area contributed by atoms with Crippen molar-refractivity contribution in [1.29, 1.82) is 0 Å². The molecule has 4 heteroatoms. The van der Waals surface area contributed by atoms with Gasteiger partial charge < -0.3 is 9.47 Å². The van der Waals surface area contributed by atoms with Crippen LogP contribution < -0.4 is 0 Å². The fourth-order valence-electron chi connectivity index (χ4n) is 1.16. The van der Waals surface area contributed by atoms with Gasteiger partial charge in [0.05, 0.1) is 0 Å². The fraction of sp³-hybridized carbons (Fsp3) is 0.400. The SMILES string of the molecule is CC(=O)O[C@H]1C=CC=C[C@H]1OC(C)=O. The monoisotopic (exact) mass is 196 g/mol. The van der Waals surface area contributed by atoms with Crippen molar-refractivity contribution in [2.24, 2.45) is 0 Å². The molecule has 0 aromatic rings. The maximum atomic E-state index is 10.7. The zero-order chi connectivity index (χ0) is 10.6. The summed E-state index contributed by atoms with van der Waals surface area (Å²) in [6.45, 7) is 2.63. The third-order valence-electron chi connectivity index (χ3n) is 1.64. The number of carbonyl (C=O) groups is 2. The zero-order valence-corrected chi connectivity index (χ0v) is 8.10. The van der Waals surface area contributed by atoms with Crippen LogP contribution >= 0.6 is 0 Å². The summed E-state index contributed by atoms with van der Waals surface area (Å²) in [6.07, 6.45) is 5.81. The van der Waals surface area contributed by atoms with Gasteiger partial charge in [0.15, 0.2) is 12.2 Å². The van der Waals surface area contributed by atoms with Gasteiger partial charge in [0.1, 0.15) is 0 Å². The van der Waals surface area contributed by atoms with Gasteiger partial charge in [-0.05, 0) is 12.2 Å². The number of hydrogen-bond acceptors (Lipinski definition) is 4. The molecule has 0 bridgehead atoms. The van der Waals surface area contributed by atoms with E-state index in [0.717, 1.165) is 0 Å². The van der Waals surface area contributed by atoms with Crippen molar-refractivity contribution in [2.45, 2.75) is 26.1 Å². The highest BCUT2D eigenvalue weighted by molar-refractivity contribution is 5.68. The first-order valence-corrected chi connectivity index (χ1v) is 4.29. The van der Waals surface area contributed by atoms with Gasteiger partial charge in [-0.2, -0.15) is 0 Å². The van der Waals surface area contributed by atoms with E-state index in [1.165, 1.54) is 13.8 Å². The third-order valence-corrected chi connectivity index (χ3v) is 1.64. The number of carbonyl (C=O) groups excluding carboxylic acids is 2. The summed E-state index contributed by atoms with van der Waals surface area (Å²) < 4.78 is 9.90. The van der Waals surface area contributed by atoms with E-state index in [-0.39, 0.29) is 0 Å². The minimum absolute atomic E-state index is 0.396. The first-order valence-electron chi connectivity index (χ1n) is 4.29. The molecular weight excluding hydrogens is 184 g/mol. The number of rotatable bonds is 2. The molecule has 0 aromatic carbocycles. The molecule has 14 heavy (non-hydrogen) atoms. The smallest absolute Gasteiger partial charge is 0.303 e. The molecule has 1 rings (SSSR count). The molecule has 0 N–H and O–H groups in total. The molecule has 0 spiro atoms. The highest BCUT2D eigenvalue weighted by atomic mass is 16.6. The third kappa shape index (κ3) is 3.05. The Balaban J connectivity index is 2.61. The van der Waals surface area contributed by atoms with Gasteiger partial charge >= 0.3 is 11.9 Å². The summed E-state index contributed by atoms with van der Waals surface area (Å²) >= 11 is 0. The molecule has 76 valence electrons. The number of hydrogen-bond donors (Lipinski definition) is 0. The van der Waals surface area contributed by atoms with Crippen LogP contribution in [0.4, 0.5) is 0 Å².